The average molecular weight is 380 g/mol. The van der Waals surface area contributed by atoms with Crippen LogP contribution in [0, 0.1) is 5.92 Å². The van der Waals surface area contributed by atoms with Gasteiger partial charge in [-0.15, -0.1) is 36.2 Å². The number of carbonyl (C=O) groups excluding carboxylic acids is 1. The van der Waals surface area contributed by atoms with Crippen molar-refractivity contribution in [2.24, 2.45) is 5.92 Å². The molecule has 0 bridgehead atoms. The molecule has 4 nitrogen and oxygen atoms in total. The zero-order valence-electron chi connectivity index (χ0n) is 13.7. The lowest BCUT2D eigenvalue weighted by atomic mass is 10.0. The monoisotopic (exact) mass is 379 g/mol. The molecule has 3 rings (SSSR count). The summed E-state index contributed by atoms with van der Waals surface area (Å²) in [6.07, 6.45) is 7.77. The molecule has 132 valence electrons. The minimum absolute atomic E-state index is 0. The predicted molar refractivity (Wildman–Crippen MR) is 99.9 cm³/mol. The van der Waals surface area contributed by atoms with E-state index in [4.69, 9.17) is 4.98 Å². The number of aryl methyl sites for hydroxylation is 2. The van der Waals surface area contributed by atoms with Crippen LogP contribution in [0.3, 0.4) is 0 Å². The zero-order chi connectivity index (χ0) is 14.7. The molecule has 1 aliphatic carbocycles. The third-order valence-corrected chi connectivity index (χ3v) is 5.76. The van der Waals surface area contributed by atoms with Crippen molar-refractivity contribution in [3.63, 3.8) is 0 Å². The number of carbonyl (C=O) groups is 1. The van der Waals surface area contributed by atoms with Crippen LogP contribution in [0.2, 0.25) is 0 Å². The summed E-state index contributed by atoms with van der Waals surface area (Å²) >= 11 is 1.81. The largest absolute Gasteiger partial charge is 0.339 e. The molecule has 1 N–H and O–H groups in total. The number of fused-ring (bicyclic) bond motifs is 1. The van der Waals surface area contributed by atoms with Gasteiger partial charge in [0.1, 0.15) is 5.01 Å². The van der Waals surface area contributed by atoms with Gasteiger partial charge in [-0.3, -0.25) is 4.79 Å². The van der Waals surface area contributed by atoms with Crippen LogP contribution in [0.15, 0.2) is 0 Å². The fourth-order valence-electron chi connectivity index (χ4n) is 3.24. The number of hydrogen-bond acceptors (Lipinski definition) is 4. The zero-order valence-corrected chi connectivity index (χ0v) is 16.1. The number of amides is 1. The smallest absolute Gasteiger partial charge is 0.222 e. The molecule has 1 atom stereocenters. The van der Waals surface area contributed by atoms with Crippen molar-refractivity contribution in [1.29, 1.82) is 0 Å². The average Bonchev–Trinajstić information content (AvgIpc) is 3.13. The van der Waals surface area contributed by atoms with Crippen molar-refractivity contribution in [2.45, 2.75) is 51.5 Å². The molecule has 1 aliphatic heterocycles. The number of thiazole rings is 1. The molecule has 23 heavy (non-hydrogen) atoms. The van der Waals surface area contributed by atoms with E-state index in [-0.39, 0.29) is 30.7 Å². The topological polar surface area (TPSA) is 45.2 Å². The molecular weight excluding hydrogens is 353 g/mol. The first kappa shape index (κ1) is 20.7. The van der Waals surface area contributed by atoms with Crippen LogP contribution >= 0.6 is 36.2 Å². The minimum atomic E-state index is 0. The van der Waals surface area contributed by atoms with E-state index >= 15 is 0 Å². The molecule has 1 amide bonds. The summed E-state index contributed by atoms with van der Waals surface area (Å²) in [6.45, 7) is 2.87. The quantitative estimate of drug-likeness (QED) is 0.853. The fourth-order valence-corrected chi connectivity index (χ4v) is 4.45. The van der Waals surface area contributed by atoms with Crippen LogP contribution < -0.4 is 5.32 Å². The van der Waals surface area contributed by atoms with E-state index in [0.717, 1.165) is 30.9 Å². The Hall–Kier alpha value is -0.360. The van der Waals surface area contributed by atoms with E-state index in [1.165, 1.54) is 36.3 Å². The number of rotatable bonds is 5. The van der Waals surface area contributed by atoms with Crippen LogP contribution in [0.25, 0.3) is 0 Å². The van der Waals surface area contributed by atoms with Crippen LogP contribution in [0.4, 0.5) is 0 Å². The number of halogens is 2. The maximum Gasteiger partial charge on any atom is 0.222 e. The van der Waals surface area contributed by atoms with E-state index in [2.05, 4.69) is 5.32 Å². The normalized spacial score (nSPS) is 19.4. The van der Waals surface area contributed by atoms with Gasteiger partial charge in [0.15, 0.2) is 0 Å². The number of nitrogens with zero attached hydrogens (tertiary/aromatic N) is 2. The molecule has 0 radical (unpaired) electrons. The van der Waals surface area contributed by atoms with E-state index in [1.807, 2.05) is 23.3 Å². The highest BCUT2D eigenvalue weighted by atomic mass is 35.5. The highest BCUT2D eigenvalue weighted by Gasteiger charge is 2.19. The summed E-state index contributed by atoms with van der Waals surface area (Å²) in [5, 5.41) is 4.47. The van der Waals surface area contributed by atoms with Gasteiger partial charge in [-0.25, -0.2) is 4.98 Å². The number of hydrogen-bond donors (Lipinski definition) is 1. The van der Waals surface area contributed by atoms with Gasteiger partial charge in [0.05, 0.1) is 12.2 Å². The lowest BCUT2D eigenvalue weighted by Crippen LogP contribution is -2.26. The van der Waals surface area contributed by atoms with Crippen LogP contribution in [0.1, 0.15) is 47.7 Å². The van der Waals surface area contributed by atoms with Crippen molar-refractivity contribution < 1.29 is 4.79 Å². The van der Waals surface area contributed by atoms with E-state index < -0.39 is 0 Å². The molecule has 1 fully saturated rings. The Bertz CT molecular complexity index is 480. The van der Waals surface area contributed by atoms with Crippen LogP contribution in [-0.4, -0.2) is 35.9 Å². The Kier molecular flexibility index (Phi) is 8.83. The van der Waals surface area contributed by atoms with Gasteiger partial charge in [-0.1, -0.05) is 0 Å². The summed E-state index contributed by atoms with van der Waals surface area (Å²) < 4.78 is 0. The summed E-state index contributed by atoms with van der Waals surface area (Å²) in [4.78, 5) is 20.3. The van der Waals surface area contributed by atoms with Crippen LogP contribution in [-0.2, 0) is 24.2 Å². The molecule has 0 aromatic carbocycles. The number of aromatic nitrogens is 1. The summed E-state index contributed by atoms with van der Waals surface area (Å²) in [5.41, 5.74) is 1.29. The molecule has 0 saturated carbocycles. The standard InChI is InChI=1S/C16H25N3OS.2ClH/c1-19(16(20)7-6-12-8-9-17-10-12)11-15-18-13-4-2-3-5-14(13)21-15;;/h12,17H,2-11H2,1H3;2*1H. The summed E-state index contributed by atoms with van der Waals surface area (Å²) in [6, 6.07) is 0. The molecule has 7 heteroatoms. The molecule has 1 aromatic heterocycles. The fraction of sp³-hybridized carbons (Fsp3) is 0.750. The Balaban J connectivity index is 0.00000132. The maximum atomic E-state index is 12.2. The minimum Gasteiger partial charge on any atom is -0.339 e. The lowest BCUT2D eigenvalue weighted by molar-refractivity contribution is -0.130. The van der Waals surface area contributed by atoms with Gasteiger partial charge in [-0.2, -0.15) is 0 Å². The van der Waals surface area contributed by atoms with Gasteiger partial charge in [0.25, 0.3) is 0 Å². The highest BCUT2D eigenvalue weighted by Crippen LogP contribution is 2.27. The Morgan fingerprint density at radius 3 is 2.83 bits per heavy atom. The lowest BCUT2D eigenvalue weighted by Gasteiger charge is -2.16. The Morgan fingerprint density at radius 2 is 2.13 bits per heavy atom. The first-order chi connectivity index (χ1) is 10.2. The second-order valence-electron chi connectivity index (χ2n) is 6.33. The third kappa shape index (κ3) is 5.59. The first-order valence-corrected chi connectivity index (χ1v) is 8.96. The molecule has 1 saturated heterocycles. The predicted octanol–water partition coefficient (Wildman–Crippen LogP) is 3.21. The van der Waals surface area contributed by atoms with E-state index in [1.54, 1.807) is 0 Å². The van der Waals surface area contributed by atoms with Crippen molar-refractivity contribution in [3.8, 4) is 0 Å². The SMILES string of the molecule is CN(Cc1nc2c(s1)CCCC2)C(=O)CCC1CCNC1.Cl.Cl. The van der Waals surface area contributed by atoms with E-state index in [9.17, 15) is 4.79 Å². The first-order valence-electron chi connectivity index (χ1n) is 8.14. The summed E-state index contributed by atoms with van der Waals surface area (Å²) in [7, 11) is 1.91. The maximum absolute atomic E-state index is 12.2. The van der Waals surface area contributed by atoms with Gasteiger partial charge in [0.2, 0.25) is 5.91 Å². The second-order valence-corrected chi connectivity index (χ2v) is 7.50. The summed E-state index contributed by atoms with van der Waals surface area (Å²) in [5.74, 6) is 0.949. The van der Waals surface area contributed by atoms with Crippen molar-refractivity contribution in [3.05, 3.63) is 15.6 Å². The second kappa shape index (κ2) is 9.82. The molecule has 2 heterocycles. The highest BCUT2D eigenvalue weighted by molar-refractivity contribution is 7.11. The molecular formula is C16H27Cl2N3OS. The third-order valence-electron chi connectivity index (χ3n) is 4.62. The molecule has 1 unspecified atom stereocenters. The Labute approximate surface area is 155 Å². The van der Waals surface area contributed by atoms with Gasteiger partial charge in [0, 0.05) is 18.3 Å². The Morgan fingerprint density at radius 1 is 1.35 bits per heavy atom. The van der Waals surface area contributed by atoms with Crippen LogP contribution in [0.5, 0.6) is 0 Å². The van der Waals surface area contributed by atoms with Crippen molar-refractivity contribution in [1.82, 2.24) is 15.2 Å². The van der Waals surface area contributed by atoms with Crippen molar-refractivity contribution >= 4 is 42.1 Å². The molecule has 2 aliphatic rings. The van der Waals surface area contributed by atoms with Gasteiger partial charge >= 0.3 is 0 Å². The van der Waals surface area contributed by atoms with E-state index in [0.29, 0.717) is 18.9 Å². The molecule has 1 aromatic rings. The van der Waals surface area contributed by atoms with Gasteiger partial charge < -0.3 is 10.2 Å². The molecule has 0 spiro atoms. The number of nitrogens with one attached hydrogen (secondary N) is 1. The van der Waals surface area contributed by atoms with Crippen molar-refractivity contribution in [2.75, 3.05) is 20.1 Å². The van der Waals surface area contributed by atoms with Gasteiger partial charge in [-0.05, 0) is 57.5 Å².